The van der Waals surface area contributed by atoms with Gasteiger partial charge >= 0.3 is 37.1 Å². The van der Waals surface area contributed by atoms with Crippen LogP contribution in [-0.2, 0) is 0 Å². The molecule has 1 aromatic heterocycles. The second kappa shape index (κ2) is 6.99. The Morgan fingerprint density at radius 1 is 1.39 bits per heavy atom. The molecular formula is C13H10NO2SU+. The average molecular weight is 482 g/mol. The number of benzene rings is 1. The van der Waals surface area contributed by atoms with Gasteiger partial charge in [0.1, 0.15) is 0 Å². The zero-order valence-electron chi connectivity index (χ0n) is 9.68. The van der Waals surface area contributed by atoms with Gasteiger partial charge in [-0.2, -0.15) is 36.0 Å². The van der Waals surface area contributed by atoms with E-state index >= 15 is 0 Å². The molecule has 0 fully saturated rings. The van der Waals surface area contributed by atoms with E-state index in [1.165, 1.54) is 18.0 Å². The largest absolute Gasteiger partial charge is 2.00 e. The van der Waals surface area contributed by atoms with E-state index < -0.39 is 5.97 Å². The van der Waals surface area contributed by atoms with Gasteiger partial charge in [0.25, 0.3) is 0 Å². The average Bonchev–Trinajstić information content (AvgIpc) is 2.32. The molecule has 0 amide bonds. The second-order valence-corrected chi connectivity index (χ2v) is 4.53. The van der Waals surface area contributed by atoms with Gasteiger partial charge < -0.3 is 5.11 Å². The molecule has 0 radical (unpaired) electrons. The van der Waals surface area contributed by atoms with Crippen molar-refractivity contribution in [2.75, 3.05) is 0 Å². The summed E-state index contributed by atoms with van der Waals surface area (Å²) in [4.78, 5) is 16.5. The van der Waals surface area contributed by atoms with Crippen molar-refractivity contribution in [2.45, 2.75) is 16.7 Å². The van der Waals surface area contributed by atoms with Crippen molar-refractivity contribution in [1.82, 2.24) is 4.98 Å². The Labute approximate surface area is 133 Å². The van der Waals surface area contributed by atoms with Gasteiger partial charge in [0.05, 0.1) is 0 Å². The molecule has 0 aliphatic carbocycles. The summed E-state index contributed by atoms with van der Waals surface area (Å²) < 4.78 is 0. The number of rotatable bonds is 3. The summed E-state index contributed by atoms with van der Waals surface area (Å²) in [5.41, 5.74) is 1.18. The normalized spacial score (nSPS) is 9.61. The molecule has 0 atom stereocenters. The first kappa shape index (κ1) is 15.3. The Kier molecular flexibility index (Phi) is 5.94. The fraction of sp³-hybridized carbons (Fsp3) is 0.0769. The number of aromatic carboxylic acids is 1. The molecule has 1 heterocycles. The third-order valence-electron chi connectivity index (χ3n) is 2.23. The molecular weight excluding hydrogens is 472 g/mol. The predicted octanol–water partition coefficient (Wildman–Crippen LogP) is 3.04. The van der Waals surface area contributed by atoms with Crippen molar-refractivity contribution in [3.8, 4) is 0 Å². The Hall–Kier alpha value is -0.758. The zero-order chi connectivity index (χ0) is 12.3. The minimum absolute atomic E-state index is 0. The maximum atomic E-state index is 11.0. The van der Waals surface area contributed by atoms with Crippen LogP contribution in [0.3, 0.4) is 0 Å². The van der Waals surface area contributed by atoms with E-state index in [9.17, 15) is 4.79 Å². The van der Waals surface area contributed by atoms with Gasteiger partial charge in [-0.1, -0.05) is 11.8 Å². The first-order chi connectivity index (χ1) is 8.18. The fourth-order valence-corrected chi connectivity index (χ4v) is 2.33. The van der Waals surface area contributed by atoms with Crippen LogP contribution in [0.5, 0.6) is 0 Å². The Balaban J connectivity index is 0.00000162. The Morgan fingerprint density at radius 2 is 2.17 bits per heavy atom. The standard InChI is InChI=1S/C13H10NO2S.U/c1-9-5-2-3-6-10(9)17-11-7-4-8-14-12(11)13(15)16;/h2,4-8H,1H3,(H,15,16);/q-1;+2. The number of aryl methyl sites for hydroxylation is 1. The monoisotopic (exact) mass is 482 g/mol. The molecule has 0 spiro atoms. The van der Waals surface area contributed by atoms with Crippen molar-refractivity contribution >= 4 is 17.7 Å². The van der Waals surface area contributed by atoms with Crippen LogP contribution < -0.4 is 0 Å². The summed E-state index contributed by atoms with van der Waals surface area (Å²) in [6, 6.07) is 12.1. The van der Waals surface area contributed by atoms with Gasteiger partial charge in [-0.25, -0.2) is 9.78 Å². The van der Waals surface area contributed by atoms with Gasteiger partial charge in [-0.05, 0) is 12.1 Å². The molecule has 18 heavy (non-hydrogen) atoms. The molecule has 0 bridgehead atoms. The molecule has 0 saturated heterocycles. The van der Waals surface area contributed by atoms with Crippen LogP contribution in [0.1, 0.15) is 16.1 Å². The molecule has 0 aliphatic rings. The third-order valence-corrected chi connectivity index (χ3v) is 3.43. The first-order valence-electron chi connectivity index (χ1n) is 5.01. The van der Waals surface area contributed by atoms with Crippen molar-refractivity contribution in [1.29, 1.82) is 0 Å². The number of carboxylic acid groups (broad SMARTS) is 1. The maximum absolute atomic E-state index is 11.0. The number of aromatic nitrogens is 1. The molecule has 0 unspecified atom stereocenters. The van der Waals surface area contributed by atoms with E-state index in [0.29, 0.717) is 4.90 Å². The van der Waals surface area contributed by atoms with Crippen LogP contribution in [-0.4, -0.2) is 16.1 Å². The fourth-order valence-electron chi connectivity index (χ4n) is 1.35. The molecule has 2 rings (SSSR count). The summed E-state index contributed by atoms with van der Waals surface area (Å²) in [6.07, 6.45) is 1.48. The van der Waals surface area contributed by atoms with Gasteiger partial charge in [0.15, 0.2) is 5.69 Å². The van der Waals surface area contributed by atoms with Crippen molar-refractivity contribution in [3.05, 3.63) is 53.9 Å². The SMILES string of the molecule is Cc1cc[c-]cc1Sc1cccnc1C(=O)O.[U+2]. The van der Waals surface area contributed by atoms with Gasteiger partial charge in [-0.15, -0.1) is 5.56 Å². The van der Waals surface area contributed by atoms with E-state index in [2.05, 4.69) is 11.1 Å². The van der Waals surface area contributed by atoms with Crippen molar-refractivity contribution < 1.29 is 41.0 Å². The quantitative estimate of drug-likeness (QED) is 0.684. The van der Waals surface area contributed by atoms with E-state index in [0.717, 1.165) is 10.5 Å². The van der Waals surface area contributed by atoms with Gasteiger partial charge in [0, 0.05) is 11.1 Å². The minimum atomic E-state index is -1.01. The van der Waals surface area contributed by atoms with E-state index in [1.54, 1.807) is 12.1 Å². The van der Waals surface area contributed by atoms with E-state index in [-0.39, 0.29) is 36.8 Å². The second-order valence-electron chi connectivity index (χ2n) is 3.45. The summed E-state index contributed by atoms with van der Waals surface area (Å²) in [7, 11) is 0. The van der Waals surface area contributed by atoms with E-state index in [4.69, 9.17) is 5.11 Å². The Morgan fingerprint density at radius 3 is 2.83 bits per heavy atom. The van der Waals surface area contributed by atoms with Crippen LogP contribution in [0, 0.1) is 44.1 Å². The summed E-state index contributed by atoms with van der Waals surface area (Å²) in [5, 5.41) is 9.03. The topological polar surface area (TPSA) is 50.2 Å². The van der Waals surface area contributed by atoms with Crippen molar-refractivity contribution in [3.63, 3.8) is 0 Å². The van der Waals surface area contributed by atoms with Gasteiger partial charge in [-0.3, -0.25) is 0 Å². The number of pyridine rings is 1. The number of nitrogens with zero attached hydrogens (tertiary/aromatic N) is 1. The van der Waals surface area contributed by atoms with Crippen LogP contribution in [0.2, 0.25) is 0 Å². The van der Waals surface area contributed by atoms with Gasteiger partial charge in [0.2, 0.25) is 0 Å². The summed E-state index contributed by atoms with van der Waals surface area (Å²) in [5.74, 6) is -1.01. The molecule has 1 aromatic carbocycles. The minimum Gasteiger partial charge on any atom is -0.476 e. The number of carboxylic acids is 1. The van der Waals surface area contributed by atoms with Crippen LogP contribution in [0.25, 0.3) is 0 Å². The number of carbonyl (C=O) groups is 1. The molecule has 3 nitrogen and oxygen atoms in total. The molecule has 0 aliphatic heterocycles. The number of hydrogen-bond donors (Lipinski definition) is 1. The zero-order valence-corrected chi connectivity index (χ0v) is 14.7. The van der Waals surface area contributed by atoms with Crippen LogP contribution in [0.4, 0.5) is 0 Å². The molecule has 5 heteroatoms. The predicted molar refractivity (Wildman–Crippen MR) is 65.3 cm³/mol. The summed E-state index contributed by atoms with van der Waals surface area (Å²) >= 11 is 1.39. The van der Waals surface area contributed by atoms with Crippen LogP contribution >= 0.6 is 11.8 Å². The van der Waals surface area contributed by atoms with Crippen molar-refractivity contribution in [2.24, 2.45) is 0 Å². The first-order valence-corrected chi connectivity index (χ1v) is 5.83. The Bertz CT molecular complexity index is 560. The van der Waals surface area contributed by atoms with E-state index in [1.807, 2.05) is 25.1 Å². The molecule has 0 saturated carbocycles. The third kappa shape index (κ3) is 3.62. The smallest absolute Gasteiger partial charge is 0.476 e. The summed E-state index contributed by atoms with van der Waals surface area (Å²) in [6.45, 7) is 1.98. The molecule has 1 N–H and O–H groups in total. The molecule has 2 aromatic rings. The number of hydrogen-bond acceptors (Lipinski definition) is 3. The van der Waals surface area contributed by atoms with Crippen LogP contribution in [0.15, 0.2) is 46.3 Å². The molecule has 88 valence electrons. The maximum Gasteiger partial charge on any atom is 2.00 e.